The summed E-state index contributed by atoms with van der Waals surface area (Å²) in [4.78, 5) is 34.0. The highest BCUT2D eigenvalue weighted by molar-refractivity contribution is 8.18. The monoisotopic (exact) mass is 350 g/mol. The van der Waals surface area contributed by atoms with Crippen LogP contribution in [0.25, 0.3) is 0 Å². The maximum atomic E-state index is 11.7. The number of nitrogens with one attached hydrogen (secondary N) is 2. The van der Waals surface area contributed by atoms with E-state index in [1.165, 1.54) is 6.21 Å². The zero-order valence-electron chi connectivity index (χ0n) is 11.4. The third-order valence-electron chi connectivity index (χ3n) is 2.38. The molecule has 8 nitrogen and oxygen atoms in total. The van der Waals surface area contributed by atoms with Crippen molar-refractivity contribution in [3.05, 3.63) is 40.8 Å². The van der Waals surface area contributed by atoms with Crippen LogP contribution in [0.4, 0.5) is 4.79 Å². The molecule has 0 aromatic heterocycles. The van der Waals surface area contributed by atoms with Gasteiger partial charge in [0.05, 0.1) is 11.1 Å². The molecule has 0 unspecified atom stereocenters. The highest BCUT2D eigenvalue weighted by Gasteiger charge is 2.26. The van der Waals surface area contributed by atoms with Gasteiger partial charge in [-0.25, -0.2) is 4.79 Å². The van der Waals surface area contributed by atoms with Gasteiger partial charge in [0.25, 0.3) is 11.1 Å². The van der Waals surface area contributed by atoms with Gasteiger partial charge in [-0.15, -0.1) is 0 Å². The molecule has 1 fully saturated rings. The molecule has 0 atom stereocenters. The molecular weight excluding hydrogens is 340 g/mol. The Morgan fingerprint density at radius 1 is 1.35 bits per heavy atom. The highest BCUT2D eigenvalue weighted by Crippen LogP contribution is 2.23. The van der Waals surface area contributed by atoms with Crippen LogP contribution in [0.3, 0.4) is 0 Å². The van der Waals surface area contributed by atoms with E-state index in [9.17, 15) is 14.4 Å². The number of ether oxygens (including phenoxy) is 1. The average Bonchev–Trinajstić information content (AvgIpc) is 2.78. The van der Waals surface area contributed by atoms with Gasteiger partial charge in [0.15, 0.2) is 5.11 Å². The van der Waals surface area contributed by atoms with Crippen molar-refractivity contribution in [2.75, 3.05) is 0 Å². The standard InChI is InChI=1S/C13H10N4O4S2/c14-12(22)17-15-6-7-1-3-8(4-2-7)21-10(18)5-9-11(19)16-13(20)23-9/h1-6H,(H3,14,17,22)(H,16,19,20)/b9-5-,15-6+. The molecule has 1 saturated heterocycles. The fourth-order valence-corrected chi connectivity index (χ4v) is 2.16. The molecule has 23 heavy (non-hydrogen) atoms. The average molecular weight is 350 g/mol. The van der Waals surface area contributed by atoms with Crippen molar-refractivity contribution in [2.24, 2.45) is 10.8 Å². The molecule has 0 radical (unpaired) electrons. The third kappa shape index (κ3) is 5.20. The summed E-state index contributed by atoms with van der Waals surface area (Å²) in [5, 5.41) is 5.34. The second-order valence-corrected chi connectivity index (χ2v) is 5.53. The number of hydrogen-bond acceptors (Lipinski definition) is 7. The molecule has 10 heteroatoms. The van der Waals surface area contributed by atoms with E-state index in [1.807, 2.05) is 5.32 Å². The zero-order chi connectivity index (χ0) is 16.8. The minimum Gasteiger partial charge on any atom is -0.423 e. The van der Waals surface area contributed by atoms with Gasteiger partial charge in [-0.05, 0) is 53.8 Å². The maximum absolute atomic E-state index is 11.7. The summed E-state index contributed by atoms with van der Waals surface area (Å²) in [6.45, 7) is 0. The summed E-state index contributed by atoms with van der Waals surface area (Å²) < 4.78 is 5.04. The van der Waals surface area contributed by atoms with Crippen LogP contribution < -0.4 is 21.2 Å². The molecule has 1 heterocycles. The van der Waals surface area contributed by atoms with Crippen molar-refractivity contribution >= 4 is 52.4 Å². The van der Waals surface area contributed by atoms with Crippen LogP contribution in [0.15, 0.2) is 40.3 Å². The van der Waals surface area contributed by atoms with Gasteiger partial charge in [0.1, 0.15) is 5.75 Å². The predicted octanol–water partition coefficient (Wildman–Crippen LogP) is 0.626. The summed E-state index contributed by atoms with van der Waals surface area (Å²) in [5.41, 5.74) is 8.35. The first-order valence-electron chi connectivity index (χ1n) is 6.09. The molecule has 1 aromatic carbocycles. The zero-order valence-corrected chi connectivity index (χ0v) is 13.1. The van der Waals surface area contributed by atoms with Crippen molar-refractivity contribution in [3.63, 3.8) is 0 Å². The van der Waals surface area contributed by atoms with Crippen LogP contribution >= 0.6 is 24.0 Å². The lowest BCUT2D eigenvalue weighted by atomic mass is 10.2. The fourth-order valence-electron chi connectivity index (χ4n) is 1.47. The Balaban J connectivity index is 1.95. The van der Waals surface area contributed by atoms with Crippen LogP contribution in [0.5, 0.6) is 5.75 Å². The van der Waals surface area contributed by atoms with Crippen molar-refractivity contribution in [3.8, 4) is 5.75 Å². The summed E-state index contributed by atoms with van der Waals surface area (Å²) in [7, 11) is 0. The van der Waals surface area contributed by atoms with Crippen LogP contribution in [-0.4, -0.2) is 28.4 Å². The highest BCUT2D eigenvalue weighted by atomic mass is 32.2. The first-order chi connectivity index (χ1) is 10.9. The predicted molar refractivity (Wildman–Crippen MR) is 88.8 cm³/mol. The summed E-state index contributed by atoms with van der Waals surface area (Å²) >= 11 is 5.23. The van der Waals surface area contributed by atoms with E-state index in [0.29, 0.717) is 11.8 Å². The number of nitrogens with zero attached hydrogens (tertiary/aromatic N) is 1. The van der Waals surface area contributed by atoms with E-state index in [1.54, 1.807) is 24.3 Å². The topological polar surface area (TPSA) is 123 Å². The van der Waals surface area contributed by atoms with Crippen molar-refractivity contribution < 1.29 is 19.1 Å². The number of carbonyl (C=O) groups is 3. The number of thioether (sulfide) groups is 1. The van der Waals surface area contributed by atoms with Crippen LogP contribution in [0.1, 0.15) is 5.56 Å². The van der Waals surface area contributed by atoms with E-state index in [4.69, 9.17) is 10.5 Å². The smallest absolute Gasteiger partial charge is 0.337 e. The number of rotatable bonds is 4. The number of benzene rings is 1. The Labute approximate surface area is 140 Å². The second-order valence-electron chi connectivity index (χ2n) is 4.08. The quantitative estimate of drug-likeness (QED) is 0.180. The number of imide groups is 1. The van der Waals surface area contributed by atoms with Gasteiger partial charge in [-0.1, -0.05) is 0 Å². The molecule has 0 bridgehead atoms. The van der Waals surface area contributed by atoms with Crippen molar-refractivity contribution in [2.45, 2.75) is 0 Å². The maximum Gasteiger partial charge on any atom is 0.337 e. The Hall–Kier alpha value is -2.72. The normalized spacial score (nSPS) is 15.7. The molecular formula is C13H10N4O4S2. The second kappa shape index (κ2) is 7.51. The molecule has 118 valence electrons. The number of hydrogen-bond donors (Lipinski definition) is 3. The van der Waals surface area contributed by atoms with Gasteiger partial charge in [-0.3, -0.25) is 20.3 Å². The summed E-state index contributed by atoms with van der Waals surface area (Å²) in [5.74, 6) is -1.09. The van der Waals surface area contributed by atoms with Crippen molar-refractivity contribution in [1.82, 2.24) is 10.7 Å². The lowest BCUT2D eigenvalue weighted by Gasteiger charge is -2.02. The minimum absolute atomic E-state index is 0.00687. The number of hydrazone groups is 1. The van der Waals surface area contributed by atoms with Crippen LogP contribution in [0, 0.1) is 0 Å². The lowest BCUT2D eigenvalue weighted by molar-refractivity contribution is -0.129. The Kier molecular flexibility index (Phi) is 5.44. The fraction of sp³-hybridized carbons (Fsp3) is 0. The molecule has 0 spiro atoms. The molecule has 2 amide bonds. The van der Waals surface area contributed by atoms with Gasteiger partial charge >= 0.3 is 5.97 Å². The van der Waals surface area contributed by atoms with E-state index in [2.05, 4.69) is 22.7 Å². The first kappa shape index (κ1) is 16.6. The molecule has 1 aliphatic rings. The largest absolute Gasteiger partial charge is 0.423 e. The van der Waals surface area contributed by atoms with Gasteiger partial charge in [0.2, 0.25) is 0 Å². The number of carbonyl (C=O) groups excluding carboxylic acids is 3. The molecule has 4 N–H and O–H groups in total. The number of nitrogens with two attached hydrogens (primary N) is 1. The van der Waals surface area contributed by atoms with E-state index >= 15 is 0 Å². The van der Waals surface area contributed by atoms with Crippen LogP contribution in [0.2, 0.25) is 0 Å². The van der Waals surface area contributed by atoms with Gasteiger partial charge in [-0.2, -0.15) is 5.10 Å². The Morgan fingerprint density at radius 3 is 2.61 bits per heavy atom. The van der Waals surface area contributed by atoms with E-state index in [0.717, 1.165) is 11.6 Å². The van der Waals surface area contributed by atoms with Crippen molar-refractivity contribution in [1.29, 1.82) is 0 Å². The molecule has 0 saturated carbocycles. The molecule has 2 rings (SSSR count). The third-order valence-corrected chi connectivity index (χ3v) is 3.28. The van der Waals surface area contributed by atoms with Crippen LogP contribution in [-0.2, 0) is 9.59 Å². The first-order valence-corrected chi connectivity index (χ1v) is 7.32. The Bertz CT molecular complexity index is 728. The summed E-state index contributed by atoms with van der Waals surface area (Å²) in [6, 6.07) is 6.40. The van der Waals surface area contributed by atoms with E-state index in [-0.39, 0.29) is 15.8 Å². The molecule has 1 aliphatic heterocycles. The number of thiocarbonyl (C=S) groups is 1. The lowest BCUT2D eigenvalue weighted by Crippen LogP contribution is -2.23. The SMILES string of the molecule is NC(=S)N/N=C/c1ccc(OC(=O)/C=C2\SC(=O)NC2=O)cc1. The van der Waals surface area contributed by atoms with Gasteiger partial charge in [0, 0.05) is 6.08 Å². The Morgan fingerprint density at radius 2 is 2.04 bits per heavy atom. The van der Waals surface area contributed by atoms with E-state index < -0.39 is 17.1 Å². The van der Waals surface area contributed by atoms with Gasteiger partial charge < -0.3 is 10.5 Å². The number of esters is 1. The minimum atomic E-state index is -0.756. The molecule has 0 aliphatic carbocycles. The number of amides is 2. The molecule has 1 aromatic rings. The summed E-state index contributed by atoms with van der Waals surface area (Å²) in [6.07, 6.45) is 2.45.